The molecule has 0 radical (unpaired) electrons. The van der Waals surface area contributed by atoms with Gasteiger partial charge in [-0.05, 0) is 55.7 Å². The Morgan fingerprint density at radius 1 is 1.21 bits per heavy atom. The molecule has 174 valence electrons. The second kappa shape index (κ2) is 8.96. The topological polar surface area (TPSA) is 81.6 Å². The van der Waals surface area contributed by atoms with Crippen LogP contribution < -0.4 is 15.1 Å². The van der Waals surface area contributed by atoms with Gasteiger partial charge in [0.1, 0.15) is 4.90 Å². The zero-order valence-corrected chi connectivity index (χ0v) is 19.9. The Balaban J connectivity index is 1.40. The van der Waals surface area contributed by atoms with Crippen molar-refractivity contribution < 1.29 is 9.32 Å². The molecule has 0 unspecified atom stereocenters. The summed E-state index contributed by atoms with van der Waals surface area (Å²) in [7, 11) is 0.841. The van der Waals surface area contributed by atoms with Crippen molar-refractivity contribution in [3.8, 4) is 12.3 Å². The van der Waals surface area contributed by atoms with E-state index < -0.39 is 10.8 Å². The van der Waals surface area contributed by atoms with Crippen LogP contribution in [-0.4, -0.2) is 63.9 Å². The van der Waals surface area contributed by atoms with E-state index in [-0.39, 0.29) is 12.1 Å². The molecule has 1 aromatic heterocycles. The van der Waals surface area contributed by atoms with E-state index in [1.165, 1.54) is 5.56 Å². The highest BCUT2D eigenvalue weighted by Gasteiger charge is 2.39. The molecule has 3 aliphatic rings. The number of terminal acetylenes is 1. The number of nitrogens with one attached hydrogen (secondary N) is 1. The minimum absolute atomic E-state index is 0.0491. The summed E-state index contributed by atoms with van der Waals surface area (Å²) in [5.41, 5.74) is 1.87. The van der Waals surface area contributed by atoms with Crippen molar-refractivity contribution in [3.05, 3.63) is 35.4 Å². The smallest absolute Gasteiger partial charge is 0.229 e. The van der Waals surface area contributed by atoms with E-state index in [4.69, 9.17) is 16.4 Å². The lowest BCUT2D eigenvalue weighted by Gasteiger charge is -2.42. The van der Waals surface area contributed by atoms with Crippen LogP contribution in [0, 0.1) is 12.3 Å². The SMILES string of the molecule is C#Cc1ccc(C2CCN(c3nc(NC4(CO)CCC4)c4c(n3)N(C)CC[S@@]4=O)CC2)cc1. The number of hydrogen-bond acceptors (Lipinski definition) is 7. The molecule has 1 atom stereocenters. The average molecular weight is 466 g/mol. The number of aliphatic hydroxyl groups excluding tert-OH is 1. The Morgan fingerprint density at radius 2 is 1.94 bits per heavy atom. The van der Waals surface area contributed by atoms with Gasteiger partial charge in [0, 0.05) is 38.0 Å². The van der Waals surface area contributed by atoms with Crippen LogP contribution in [0.4, 0.5) is 17.6 Å². The number of fused-ring (bicyclic) bond motifs is 1. The maximum absolute atomic E-state index is 12.9. The first-order valence-electron chi connectivity index (χ1n) is 11.7. The van der Waals surface area contributed by atoms with Crippen LogP contribution in [0.3, 0.4) is 0 Å². The highest BCUT2D eigenvalue weighted by molar-refractivity contribution is 7.85. The number of aromatic nitrogens is 2. The van der Waals surface area contributed by atoms with E-state index in [0.29, 0.717) is 34.9 Å². The molecule has 1 aromatic carbocycles. The highest BCUT2D eigenvalue weighted by Crippen LogP contribution is 2.40. The van der Waals surface area contributed by atoms with Crippen molar-refractivity contribution in [1.82, 2.24) is 9.97 Å². The summed E-state index contributed by atoms with van der Waals surface area (Å²) in [6, 6.07) is 8.31. The van der Waals surface area contributed by atoms with Gasteiger partial charge in [0.25, 0.3) is 0 Å². The molecule has 3 heterocycles. The normalized spacial score (nSPS) is 22.3. The molecule has 8 heteroatoms. The van der Waals surface area contributed by atoms with Crippen LogP contribution in [0.2, 0.25) is 0 Å². The molecule has 7 nitrogen and oxygen atoms in total. The molecular weight excluding hydrogens is 434 g/mol. The third-order valence-corrected chi connectivity index (χ3v) is 8.75. The Labute approximate surface area is 198 Å². The van der Waals surface area contributed by atoms with Crippen LogP contribution in [0.1, 0.15) is 49.1 Å². The highest BCUT2D eigenvalue weighted by atomic mass is 32.2. The molecule has 33 heavy (non-hydrogen) atoms. The predicted octanol–water partition coefficient (Wildman–Crippen LogP) is 2.73. The van der Waals surface area contributed by atoms with Gasteiger partial charge < -0.3 is 20.2 Å². The second-order valence-electron chi connectivity index (χ2n) is 9.44. The van der Waals surface area contributed by atoms with Crippen molar-refractivity contribution in [2.75, 3.05) is 54.2 Å². The fraction of sp³-hybridized carbons (Fsp3) is 0.520. The van der Waals surface area contributed by atoms with Gasteiger partial charge in [-0.3, -0.25) is 4.21 Å². The quantitative estimate of drug-likeness (QED) is 0.657. The third kappa shape index (κ3) is 4.20. The molecule has 2 aliphatic heterocycles. The first-order chi connectivity index (χ1) is 16.0. The summed E-state index contributed by atoms with van der Waals surface area (Å²) >= 11 is 0. The lowest BCUT2D eigenvalue weighted by Crippen LogP contribution is -2.49. The van der Waals surface area contributed by atoms with Gasteiger partial charge >= 0.3 is 0 Å². The fourth-order valence-electron chi connectivity index (χ4n) is 4.99. The molecule has 2 N–H and O–H groups in total. The molecule has 0 spiro atoms. The molecule has 5 rings (SSSR count). The van der Waals surface area contributed by atoms with Gasteiger partial charge in [0.15, 0.2) is 11.6 Å². The standard InChI is InChI=1S/C25H31N5O2S/c1-3-18-5-7-19(8-6-18)20-9-13-30(14-10-20)24-26-22(28-25(17-31)11-4-12-25)21-23(27-24)29(2)15-16-33(21)32/h1,5-8,20,31H,4,9-17H2,2H3,(H,26,27,28)/t33-/m0/s1. The summed E-state index contributed by atoms with van der Waals surface area (Å²) in [5, 5.41) is 13.5. The summed E-state index contributed by atoms with van der Waals surface area (Å²) in [6.45, 7) is 2.47. The zero-order valence-electron chi connectivity index (χ0n) is 19.1. The predicted molar refractivity (Wildman–Crippen MR) is 132 cm³/mol. The number of anilines is 3. The number of aliphatic hydroxyl groups is 1. The minimum Gasteiger partial charge on any atom is -0.394 e. The Kier molecular flexibility index (Phi) is 6.02. The van der Waals surface area contributed by atoms with Crippen LogP contribution in [-0.2, 0) is 10.8 Å². The monoisotopic (exact) mass is 465 g/mol. The first-order valence-corrected chi connectivity index (χ1v) is 13.1. The van der Waals surface area contributed by atoms with Crippen LogP contribution in [0.15, 0.2) is 29.2 Å². The lowest BCUT2D eigenvalue weighted by molar-refractivity contribution is 0.143. The van der Waals surface area contributed by atoms with Gasteiger partial charge in [0.05, 0.1) is 22.9 Å². The maximum Gasteiger partial charge on any atom is 0.229 e. The Morgan fingerprint density at radius 3 is 2.55 bits per heavy atom. The summed E-state index contributed by atoms with van der Waals surface area (Å²) in [6.07, 6.45) is 10.4. The molecule has 1 saturated carbocycles. The molecule has 0 bridgehead atoms. The number of piperidine rings is 1. The van der Waals surface area contributed by atoms with Crippen molar-refractivity contribution >= 4 is 28.4 Å². The van der Waals surface area contributed by atoms with E-state index in [0.717, 1.165) is 56.6 Å². The van der Waals surface area contributed by atoms with Crippen molar-refractivity contribution in [2.45, 2.75) is 48.5 Å². The molecule has 1 saturated heterocycles. The number of nitrogens with zero attached hydrogens (tertiary/aromatic N) is 4. The van der Waals surface area contributed by atoms with E-state index in [9.17, 15) is 9.32 Å². The Hall–Kier alpha value is -2.63. The van der Waals surface area contributed by atoms with Crippen LogP contribution >= 0.6 is 0 Å². The largest absolute Gasteiger partial charge is 0.394 e. The second-order valence-corrected chi connectivity index (χ2v) is 10.9. The summed E-state index contributed by atoms with van der Waals surface area (Å²) in [5.74, 6) is 5.78. The van der Waals surface area contributed by atoms with Gasteiger partial charge in [-0.25, -0.2) is 0 Å². The molecule has 0 amide bonds. The fourth-order valence-corrected chi connectivity index (χ4v) is 6.35. The Bertz CT molecular complexity index is 1080. The number of benzene rings is 1. The number of rotatable bonds is 5. The van der Waals surface area contributed by atoms with Gasteiger partial charge in [0.2, 0.25) is 5.95 Å². The minimum atomic E-state index is -1.15. The van der Waals surface area contributed by atoms with Crippen LogP contribution in [0.25, 0.3) is 0 Å². The van der Waals surface area contributed by atoms with Crippen molar-refractivity contribution in [2.24, 2.45) is 0 Å². The van der Waals surface area contributed by atoms with E-state index in [1.807, 2.05) is 19.2 Å². The van der Waals surface area contributed by atoms with Crippen molar-refractivity contribution in [3.63, 3.8) is 0 Å². The number of hydrogen-bond donors (Lipinski definition) is 2. The van der Waals surface area contributed by atoms with E-state index in [1.54, 1.807) is 0 Å². The summed E-state index contributed by atoms with van der Waals surface area (Å²) < 4.78 is 12.9. The summed E-state index contributed by atoms with van der Waals surface area (Å²) in [4.78, 5) is 14.7. The zero-order chi connectivity index (χ0) is 23.0. The molecule has 1 aliphatic carbocycles. The van der Waals surface area contributed by atoms with E-state index in [2.05, 4.69) is 33.2 Å². The maximum atomic E-state index is 12.9. The van der Waals surface area contributed by atoms with Crippen LogP contribution in [0.5, 0.6) is 0 Å². The van der Waals surface area contributed by atoms with Gasteiger partial charge in [-0.2, -0.15) is 9.97 Å². The van der Waals surface area contributed by atoms with Crippen molar-refractivity contribution in [1.29, 1.82) is 0 Å². The molecular formula is C25H31N5O2S. The first kappa shape index (κ1) is 22.2. The average Bonchev–Trinajstić information content (AvgIpc) is 2.83. The lowest BCUT2D eigenvalue weighted by atomic mass is 9.77. The third-order valence-electron chi connectivity index (χ3n) is 7.36. The molecule has 2 fully saturated rings. The van der Waals surface area contributed by atoms with Gasteiger partial charge in [-0.15, -0.1) is 6.42 Å². The van der Waals surface area contributed by atoms with Gasteiger partial charge in [-0.1, -0.05) is 18.1 Å². The molecule has 2 aromatic rings. The van der Waals surface area contributed by atoms with E-state index >= 15 is 0 Å².